The predicted molar refractivity (Wildman–Crippen MR) is 253 cm³/mol. The van der Waals surface area contributed by atoms with Crippen LogP contribution in [-0.2, 0) is 0 Å². The predicted octanol–water partition coefficient (Wildman–Crippen LogP) is 15.0. The van der Waals surface area contributed by atoms with Crippen molar-refractivity contribution in [3.8, 4) is 39.9 Å². The van der Waals surface area contributed by atoms with Gasteiger partial charge in [0.15, 0.2) is 11.6 Å². The Morgan fingerprint density at radius 1 is 0.350 bits per heavy atom. The molecule has 0 spiro atoms. The summed E-state index contributed by atoms with van der Waals surface area (Å²) in [4.78, 5) is 16.2. The molecule has 4 nitrogen and oxygen atoms in total. The molecule has 5 heteroatoms. The van der Waals surface area contributed by atoms with Crippen LogP contribution >= 0.6 is 11.3 Å². The molecule has 0 aliphatic carbocycles. The minimum absolute atomic E-state index is 0.578. The standard InChI is InChI=1S/C55H32N4S/c1-3-15-37-31-39(25-23-33(37)11-1)53-56-54(40-26-24-34-12-2-4-16-38(34)32-40)58-55(57-53)59-50-42-18-8-6-14-36(42)27-29-45(50)43-19-9-20-44(51(43)59)46-21-10-22-47-49-41-17-7-5-13-35(41)28-30-48(49)60-52(46)47/h1-32H. The fourth-order valence-electron chi connectivity index (χ4n) is 9.40. The van der Waals surface area contributed by atoms with Gasteiger partial charge < -0.3 is 0 Å². The highest BCUT2D eigenvalue weighted by atomic mass is 32.1. The normalized spacial score (nSPS) is 12.0. The molecule has 0 amide bonds. The molecule has 0 N–H and O–H groups in total. The maximum Gasteiger partial charge on any atom is 0.238 e. The molecular formula is C55H32N4S. The van der Waals surface area contributed by atoms with Gasteiger partial charge >= 0.3 is 0 Å². The molecule has 0 aliphatic rings. The first-order valence-electron chi connectivity index (χ1n) is 20.3. The van der Waals surface area contributed by atoms with Gasteiger partial charge in [0, 0.05) is 58.6 Å². The monoisotopic (exact) mass is 780 g/mol. The van der Waals surface area contributed by atoms with Crippen LogP contribution in [0.1, 0.15) is 0 Å². The molecule has 0 atom stereocenters. The summed E-state index contributed by atoms with van der Waals surface area (Å²) in [6.07, 6.45) is 0. The summed E-state index contributed by atoms with van der Waals surface area (Å²) in [5.74, 6) is 1.83. The van der Waals surface area contributed by atoms with E-state index in [0.717, 1.165) is 60.0 Å². The Balaban J connectivity index is 1.16. The number of aromatic nitrogens is 4. The minimum atomic E-state index is 0.578. The molecular weight excluding hydrogens is 749 g/mol. The summed E-state index contributed by atoms with van der Waals surface area (Å²) in [5.41, 5.74) is 6.34. The van der Waals surface area contributed by atoms with Crippen molar-refractivity contribution in [2.24, 2.45) is 0 Å². The molecule has 3 aromatic heterocycles. The molecule has 0 aliphatic heterocycles. The Bertz CT molecular complexity index is 3820. The second kappa shape index (κ2) is 12.9. The van der Waals surface area contributed by atoms with Gasteiger partial charge in [-0.15, -0.1) is 11.3 Å². The highest BCUT2D eigenvalue weighted by Crippen LogP contribution is 2.46. The average molecular weight is 781 g/mol. The van der Waals surface area contributed by atoms with Crippen molar-refractivity contribution >= 4 is 96.4 Å². The van der Waals surface area contributed by atoms with Gasteiger partial charge in [0.2, 0.25) is 5.95 Å². The number of fused-ring (bicyclic) bond motifs is 12. The molecule has 13 aromatic rings. The molecule has 0 radical (unpaired) electrons. The minimum Gasteiger partial charge on any atom is -0.277 e. The Morgan fingerprint density at radius 3 is 1.57 bits per heavy atom. The molecule has 60 heavy (non-hydrogen) atoms. The van der Waals surface area contributed by atoms with E-state index in [2.05, 4.69) is 199 Å². The number of rotatable bonds is 4. The molecule has 0 unspecified atom stereocenters. The smallest absolute Gasteiger partial charge is 0.238 e. The van der Waals surface area contributed by atoms with E-state index in [9.17, 15) is 0 Å². The topological polar surface area (TPSA) is 43.6 Å². The van der Waals surface area contributed by atoms with Crippen molar-refractivity contribution in [1.82, 2.24) is 19.5 Å². The van der Waals surface area contributed by atoms with E-state index < -0.39 is 0 Å². The summed E-state index contributed by atoms with van der Waals surface area (Å²) in [5, 5.41) is 14.3. The lowest BCUT2D eigenvalue weighted by molar-refractivity contribution is 0.956. The maximum atomic E-state index is 5.46. The fourth-order valence-corrected chi connectivity index (χ4v) is 10.7. The second-order valence-electron chi connectivity index (χ2n) is 15.6. The lowest BCUT2D eigenvalue weighted by Crippen LogP contribution is -2.07. The van der Waals surface area contributed by atoms with E-state index in [-0.39, 0.29) is 0 Å². The lowest BCUT2D eigenvalue weighted by atomic mass is 9.98. The van der Waals surface area contributed by atoms with Crippen LogP contribution in [0.5, 0.6) is 0 Å². The van der Waals surface area contributed by atoms with Gasteiger partial charge in [0.25, 0.3) is 0 Å². The van der Waals surface area contributed by atoms with E-state index >= 15 is 0 Å². The van der Waals surface area contributed by atoms with E-state index in [1.54, 1.807) is 0 Å². The highest BCUT2D eigenvalue weighted by molar-refractivity contribution is 7.26. The number of hydrogen-bond donors (Lipinski definition) is 0. The van der Waals surface area contributed by atoms with Crippen LogP contribution in [0.3, 0.4) is 0 Å². The summed E-state index contributed by atoms with van der Waals surface area (Å²) < 4.78 is 4.87. The largest absolute Gasteiger partial charge is 0.277 e. The third kappa shape index (κ3) is 5.00. The zero-order valence-corrected chi connectivity index (χ0v) is 33.0. The SMILES string of the molecule is c1ccc2cc(-c3nc(-c4ccc5ccccc5c4)nc(-n4c5c(-c6cccc7c6sc6ccc8ccccc8c67)cccc5c5ccc6ccccc6c54)n3)ccc2c1. The molecule has 0 saturated carbocycles. The van der Waals surface area contributed by atoms with E-state index in [4.69, 9.17) is 15.0 Å². The van der Waals surface area contributed by atoms with Gasteiger partial charge in [0.1, 0.15) is 0 Å². The Morgan fingerprint density at radius 2 is 0.867 bits per heavy atom. The van der Waals surface area contributed by atoms with Crippen molar-refractivity contribution < 1.29 is 0 Å². The van der Waals surface area contributed by atoms with Gasteiger partial charge in [-0.25, -0.2) is 4.98 Å². The van der Waals surface area contributed by atoms with Gasteiger partial charge in [-0.3, -0.25) is 4.57 Å². The van der Waals surface area contributed by atoms with Crippen LogP contribution in [0.25, 0.3) is 125 Å². The molecule has 13 rings (SSSR count). The Hall–Kier alpha value is -7.73. The van der Waals surface area contributed by atoms with Crippen molar-refractivity contribution in [2.45, 2.75) is 0 Å². The first-order chi connectivity index (χ1) is 29.7. The van der Waals surface area contributed by atoms with Crippen LogP contribution in [-0.4, -0.2) is 19.5 Å². The van der Waals surface area contributed by atoms with E-state index in [1.807, 2.05) is 11.3 Å². The third-order valence-corrected chi connectivity index (χ3v) is 13.4. The number of benzene rings is 10. The highest BCUT2D eigenvalue weighted by Gasteiger charge is 2.24. The maximum absolute atomic E-state index is 5.46. The van der Waals surface area contributed by atoms with E-state index in [1.165, 1.54) is 47.3 Å². The van der Waals surface area contributed by atoms with Gasteiger partial charge in [-0.1, -0.05) is 176 Å². The lowest BCUT2D eigenvalue weighted by Gasteiger charge is -2.14. The third-order valence-electron chi connectivity index (χ3n) is 12.2. The molecule has 10 aromatic carbocycles. The zero-order valence-electron chi connectivity index (χ0n) is 32.2. The number of hydrogen-bond acceptors (Lipinski definition) is 4. The fraction of sp³-hybridized carbons (Fsp3) is 0. The zero-order chi connectivity index (χ0) is 39.3. The summed E-state index contributed by atoms with van der Waals surface area (Å²) >= 11 is 1.87. The summed E-state index contributed by atoms with van der Waals surface area (Å²) in [7, 11) is 0. The van der Waals surface area contributed by atoms with Crippen LogP contribution in [0.15, 0.2) is 194 Å². The summed E-state index contributed by atoms with van der Waals surface area (Å²) in [6, 6.07) is 69.7. The van der Waals surface area contributed by atoms with Gasteiger partial charge in [-0.05, 0) is 55.9 Å². The first kappa shape index (κ1) is 33.3. The van der Waals surface area contributed by atoms with Gasteiger partial charge in [-0.2, -0.15) is 9.97 Å². The van der Waals surface area contributed by atoms with Crippen LogP contribution in [0, 0.1) is 0 Å². The molecule has 278 valence electrons. The molecule has 0 saturated heterocycles. The van der Waals surface area contributed by atoms with Crippen LogP contribution < -0.4 is 0 Å². The van der Waals surface area contributed by atoms with Crippen molar-refractivity contribution in [3.05, 3.63) is 194 Å². The molecule has 0 bridgehead atoms. The number of nitrogens with zero attached hydrogens (tertiary/aromatic N) is 4. The van der Waals surface area contributed by atoms with Crippen molar-refractivity contribution in [3.63, 3.8) is 0 Å². The van der Waals surface area contributed by atoms with Gasteiger partial charge in [0.05, 0.1) is 11.0 Å². The first-order valence-corrected chi connectivity index (χ1v) is 21.1. The van der Waals surface area contributed by atoms with Crippen LogP contribution in [0.4, 0.5) is 0 Å². The van der Waals surface area contributed by atoms with E-state index in [0.29, 0.717) is 17.6 Å². The van der Waals surface area contributed by atoms with Crippen molar-refractivity contribution in [2.75, 3.05) is 0 Å². The average Bonchev–Trinajstić information content (AvgIpc) is 3.88. The van der Waals surface area contributed by atoms with Crippen molar-refractivity contribution in [1.29, 1.82) is 0 Å². The second-order valence-corrected chi connectivity index (χ2v) is 16.6. The molecule has 3 heterocycles. The summed E-state index contributed by atoms with van der Waals surface area (Å²) in [6.45, 7) is 0. The number of para-hydroxylation sites is 1. The quantitative estimate of drug-likeness (QED) is 0.179. The number of thiophene rings is 1. The van der Waals surface area contributed by atoms with Crippen LogP contribution in [0.2, 0.25) is 0 Å². The Labute approximate surface area is 348 Å². The molecule has 0 fully saturated rings. The Kier molecular flexibility index (Phi) is 7.14.